The third-order valence-electron chi connectivity index (χ3n) is 11.6. The molecule has 2 aromatic heterocycles. The Kier molecular flexibility index (Phi) is 9.49. The second kappa shape index (κ2) is 15.9. The van der Waals surface area contributed by atoms with E-state index in [1.807, 2.05) is 84.3 Å². The summed E-state index contributed by atoms with van der Waals surface area (Å²) < 4.78 is 4.82. The minimum atomic E-state index is 0.134. The molecule has 0 spiro atoms. The largest absolute Gasteiger partial charge is 0.309 e. The summed E-state index contributed by atoms with van der Waals surface area (Å²) in [6.07, 6.45) is 1.82. The van der Waals surface area contributed by atoms with Gasteiger partial charge in [0.05, 0.1) is 11.0 Å². The van der Waals surface area contributed by atoms with E-state index in [0.717, 1.165) is 55.8 Å². The molecule has 2 heterocycles. The Labute approximate surface area is 363 Å². The highest BCUT2D eigenvalue weighted by Crippen LogP contribution is 2.47. The topological polar surface area (TPSA) is 53.5 Å². The number of hydrogen-bond acceptors (Lipinski definition) is 2. The molecule has 0 aliphatic carbocycles. The summed E-state index contributed by atoms with van der Waals surface area (Å²) in [4.78, 5) is 9.96. The highest BCUT2D eigenvalue weighted by molar-refractivity contribution is 7.27. The lowest BCUT2D eigenvalue weighted by atomic mass is 9.91. The molecule has 0 fully saturated rings. The number of aliphatic imine (C=N–C) groups is 2. The second-order valence-electron chi connectivity index (χ2n) is 15.3. The van der Waals surface area contributed by atoms with Crippen LogP contribution in [0.1, 0.15) is 16.7 Å². The zero-order valence-electron chi connectivity index (χ0n) is 33.6. The Bertz CT molecular complexity index is 3510. The fraction of sp³-hybridized carbons (Fsp3) is 0. The van der Waals surface area contributed by atoms with Gasteiger partial charge in [-0.05, 0) is 81.4 Å². The van der Waals surface area contributed by atoms with Crippen molar-refractivity contribution in [1.82, 2.24) is 4.57 Å². The van der Waals surface area contributed by atoms with Crippen molar-refractivity contribution in [3.63, 3.8) is 0 Å². The van der Waals surface area contributed by atoms with E-state index >= 15 is 0 Å². The van der Waals surface area contributed by atoms with Crippen molar-refractivity contribution in [2.45, 2.75) is 0 Å². The van der Waals surface area contributed by atoms with Crippen molar-refractivity contribution in [2.75, 3.05) is 0 Å². The zero-order valence-corrected chi connectivity index (χ0v) is 34.4. The lowest BCUT2D eigenvalue weighted by Gasteiger charge is -2.14. The molecule has 62 heavy (non-hydrogen) atoms. The molecular formula is C57H38N4S. The molecule has 292 valence electrons. The Hall–Kier alpha value is -7.99. The maximum atomic E-state index is 9.87. The van der Waals surface area contributed by atoms with Crippen molar-refractivity contribution < 1.29 is 0 Å². The van der Waals surface area contributed by atoms with Crippen molar-refractivity contribution in [3.8, 4) is 39.1 Å². The summed E-state index contributed by atoms with van der Waals surface area (Å²) in [6, 6.07) is 76.0. The molecule has 0 aliphatic heterocycles. The summed E-state index contributed by atoms with van der Waals surface area (Å²) in [7, 11) is 0. The van der Waals surface area contributed by atoms with Crippen LogP contribution in [0.2, 0.25) is 0 Å². The fourth-order valence-corrected chi connectivity index (χ4v) is 9.96. The van der Waals surface area contributed by atoms with Crippen LogP contribution in [0.15, 0.2) is 228 Å². The van der Waals surface area contributed by atoms with Gasteiger partial charge in [0.15, 0.2) is 11.7 Å². The van der Waals surface area contributed by atoms with Crippen LogP contribution in [-0.2, 0) is 0 Å². The van der Waals surface area contributed by atoms with Crippen LogP contribution in [0.25, 0.3) is 81.0 Å². The minimum Gasteiger partial charge on any atom is -0.309 e. The highest BCUT2D eigenvalue weighted by atomic mass is 32.1. The van der Waals surface area contributed by atoms with Gasteiger partial charge in [-0.25, -0.2) is 9.98 Å². The summed E-state index contributed by atoms with van der Waals surface area (Å²) >= 11 is 1.84. The van der Waals surface area contributed by atoms with E-state index in [-0.39, 0.29) is 5.84 Å². The van der Waals surface area contributed by atoms with E-state index in [9.17, 15) is 5.41 Å². The minimum absolute atomic E-state index is 0.134. The molecule has 0 atom stereocenters. The predicted molar refractivity (Wildman–Crippen MR) is 264 cm³/mol. The molecule has 11 rings (SSSR count). The van der Waals surface area contributed by atoms with Crippen LogP contribution in [0.4, 0.5) is 0 Å². The Balaban J connectivity index is 1.13. The molecule has 4 nitrogen and oxygen atoms in total. The Morgan fingerprint density at radius 2 is 1.13 bits per heavy atom. The average molecular weight is 811 g/mol. The number of nitrogens with zero attached hydrogens (tertiary/aromatic N) is 3. The maximum absolute atomic E-state index is 9.87. The average Bonchev–Trinajstić information content (AvgIpc) is 3.90. The molecule has 11 aromatic rings. The van der Waals surface area contributed by atoms with Crippen LogP contribution in [0, 0.1) is 5.41 Å². The molecule has 0 radical (unpaired) electrons. The molecule has 1 N–H and O–H groups in total. The molecule has 0 bridgehead atoms. The first-order chi connectivity index (χ1) is 30.7. The monoisotopic (exact) mass is 810 g/mol. The van der Waals surface area contributed by atoms with E-state index in [4.69, 9.17) is 9.98 Å². The number of para-hydroxylation sites is 2. The predicted octanol–water partition coefficient (Wildman–Crippen LogP) is 15.0. The lowest BCUT2D eigenvalue weighted by molar-refractivity contribution is 1.18. The van der Waals surface area contributed by atoms with Crippen molar-refractivity contribution in [1.29, 1.82) is 5.41 Å². The maximum Gasteiger partial charge on any atom is 0.161 e. The third-order valence-corrected chi connectivity index (χ3v) is 12.8. The van der Waals surface area contributed by atoms with Crippen molar-refractivity contribution in [3.05, 3.63) is 235 Å². The number of amidine groups is 2. The molecule has 0 aliphatic rings. The quantitative estimate of drug-likeness (QED) is 0.123. The van der Waals surface area contributed by atoms with Gasteiger partial charge in [0.1, 0.15) is 0 Å². The summed E-state index contributed by atoms with van der Waals surface area (Å²) in [5, 5.41) is 14.7. The van der Waals surface area contributed by atoms with Gasteiger partial charge < -0.3 is 4.57 Å². The van der Waals surface area contributed by atoms with Crippen LogP contribution in [0.3, 0.4) is 0 Å². The summed E-state index contributed by atoms with van der Waals surface area (Å²) in [5.74, 6) is 0.605. The van der Waals surface area contributed by atoms with E-state index in [1.54, 1.807) is 0 Å². The Morgan fingerprint density at radius 1 is 0.484 bits per heavy atom. The smallest absolute Gasteiger partial charge is 0.161 e. The molecule has 0 saturated carbocycles. The van der Waals surface area contributed by atoms with E-state index in [1.165, 1.54) is 42.0 Å². The van der Waals surface area contributed by atoms with Crippen molar-refractivity contribution in [2.24, 2.45) is 9.98 Å². The standard InChI is InChI=1S/C57H38N4S/c58-56(60-57(40-21-9-3-10-22-40)59-37-38-17-5-1-6-18-38)49-36-43(42-24-15-23-41(35-42)39-19-7-2-8-20-39)31-32-45(49)46-28-16-30-52-53(46)48-33-34-51-54(55(48)62-52)47-27-13-14-29-50(47)61(51)44-25-11-4-12-26-44/h1-37,58H. The Morgan fingerprint density at radius 3 is 1.92 bits per heavy atom. The van der Waals surface area contributed by atoms with Gasteiger partial charge in [-0.1, -0.05) is 176 Å². The number of thiophene rings is 1. The van der Waals surface area contributed by atoms with Crippen LogP contribution < -0.4 is 0 Å². The molecule has 5 heteroatoms. The SMILES string of the molecule is N=C(N=C(N=Cc1ccccc1)c1ccccc1)c1cc(-c2cccc(-c3ccccc3)c2)ccc1-c1cccc2sc3c(ccc4c3c3ccccc3n4-c3ccccc3)c12. The number of aromatic nitrogens is 1. The molecular weight excluding hydrogens is 773 g/mol. The molecule has 9 aromatic carbocycles. The highest BCUT2D eigenvalue weighted by Gasteiger charge is 2.21. The van der Waals surface area contributed by atoms with Gasteiger partial charge in [0.2, 0.25) is 0 Å². The normalized spacial score (nSPS) is 12.0. The van der Waals surface area contributed by atoms with E-state index < -0.39 is 0 Å². The van der Waals surface area contributed by atoms with Crippen LogP contribution in [-0.4, -0.2) is 22.5 Å². The third kappa shape index (κ3) is 6.71. The number of fused-ring (bicyclic) bond motifs is 7. The first-order valence-electron chi connectivity index (χ1n) is 20.7. The number of nitrogens with one attached hydrogen (secondary N) is 1. The second-order valence-corrected chi connectivity index (χ2v) is 16.4. The summed E-state index contributed by atoms with van der Waals surface area (Å²) in [6.45, 7) is 0. The van der Waals surface area contributed by atoms with Gasteiger partial charge in [0.25, 0.3) is 0 Å². The van der Waals surface area contributed by atoms with Crippen molar-refractivity contribution >= 4 is 71.2 Å². The van der Waals surface area contributed by atoms with Gasteiger partial charge >= 0.3 is 0 Å². The number of rotatable bonds is 7. The van der Waals surface area contributed by atoms with Gasteiger partial charge in [-0.2, -0.15) is 0 Å². The van der Waals surface area contributed by atoms with E-state index in [2.05, 4.69) is 156 Å². The van der Waals surface area contributed by atoms with Gasteiger partial charge in [0, 0.05) is 54.0 Å². The first-order valence-corrected chi connectivity index (χ1v) is 21.5. The van der Waals surface area contributed by atoms with Crippen LogP contribution in [0.5, 0.6) is 0 Å². The van der Waals surface area contributed by atoms with Gasteiger partial charge in [-0.15, -0.1) is 11.3 Å². The number of hydrogen-bond donors (Lipinski definition) is 1. The zero-order chi connectivity index (χ0) is 41.4. The molecule has 0 amide bonds. The lowest BCUT2D eigenvalue weighted by Crippen LogP contribution is -2.06. The first kappa shape index (κ1) is 37.0. The fourth-order valence-electron chi connectivity index (χ4n) is 8.67. The van der Waals surface area contributed by atoms with Crippen LogP contribution >= 0.6 is 11.3 Å². The van der Waals surface area contributed by atoms with E-state index in [0.29, 0.717) is 5.84 Å². The molecule has 0 unspecified atom stereocenters. The number of benzene rings is 9. The van der Waals surface area contributed by atoms with Gasteiger partial charge in [-0.3, -0.25) is 5.41 Å². The molecule has 0 saturated heterocycles. The summed E-state index contributed by atoms with van der Waals surface area (Å²) in [5.41, 5.74) is 12.4.